The molecule has 1 aromatic heterocycles. The number of aromatic nitrogens is 1. The molecule has 6 nitrogen and oxygen atoms in total. The third kappa shape index (κ3) is 3.11. The van der Waals surface area contributed by atoms with Gasteiger partial charge in [-0.3, -0.25) is 9.59 Å². The van der Waals surface area contributed by atoms with Gasteiger partial charge < -0.3 is 14.2 Å². The van der Waals surface area contributed by atoms with Crippen molar-refractivity contribution in [2.45, 2.75) is 44.7 Å². The number of benzene rings is 1. The van der Waals surface area contributed by atoms with Crippen LogP contribution in [0, 0.1) is 6.92 Å². The van der Waals surface area contributed by atoms with Crippen molar-refractivity contribution in [1.29, 1.82) is 0 Å². The second-order valence-electron chi connectivity index (χ2n) is 7.17. The maximum atomic E-state index is 12.8. The number of fused-ring (bicyclic) bond motifs is 2. The largest absolute Gasteiger partial charge is 0.438 e. The topological polar surface area (TPSA) is 66.7 Å². The zero-order valence-corrected chi connectivity index (χ0v) is 14.9. The number of hydrogen-bond acceptors (Lipinski definition) is 4. The van der Waals surface area contributed by atoms with Gasteiger partial charge in [0.15, 0.2) is 6.39 Å². The van der Waals surface area contributed by atoms with Gasteiger partial charge in [-0.2, -0.15) is 0 Å². The average molecular weight is 353 g/mol. The number of aryl methyl sites for hydroxylation is 2. The summed E-state index contributed by atoms with van der Waals surface area (Å²) in [4.78, 5) is 33.0. The lowest BCUT2D eigenvalue weighted by atomic mass is 10.0. The number of piperidine rings is 1. The number of oxazole rings is 1. The predicted octanol–water partition coefficient (Wildman–Crippen LogP) is 2.43. The summed E-state index contributed by atoms with van der Waals surface area (Å²) in [6.45, 7) is 3.36. The van der Waals surface area contributed by atoms with Crippen molar-refractivity contribution in [3.63, 3.8) is 0 Å². The van der Waals surface area contributed by atoms with Crippen LogP contribution in [-0.4, -0.2) is 51.8 Å². The number of carbonyl (C=O) groups is 2. The molecule has 0 saturated carbocycles. The first-order valence-corrected chi connectivity index (χ1v) is 9.17. The molecule has 2 amide bonds. The molecule has 0 radical (unpaired) electrons. The Morgan fingerprint density at radius 1 is 1.23 bits per heavy atom. The molecule has 2 bridgehead atoms. The highest BCUT2D eigenvalue weighted by Gasteiger charge is 2.43. The van der Waals surface area contributed by atoms with E-state index in [0.29, 0.717) is 19.5 Å². The molecule has 0 N–H and O–H groups in total. The van der Waals surface area contributed by atoms with Crippen LogP contribution in [0.3, 0.4) is 0 Å². The van der Waals surface area contributed by atoms with Crippen LogP contribution in [0.2, 0.25) is 0 Å². The van der Waals surface area contributed by atoms with Crippen molar-refractivity contribution in [2.75, 3.05) is 13.1 Å². The second kappa shape index (κ2) is 6.94. The Morgan fingerprint density at radius 3 is 2.85 bits per heavy atom. The van der Waals surface area contributed by atoms with E-state index in [0.717, 1.165) is 19.3 Å². The number of likely N-dealkylation sites (tertiary alicyclic amines) is 2. The molecule has 2 fully saturated rings. The minimum Gasteiger partial charge on any atom is -0.438 e. The van der Waals surface area contributed by atoms with E-state index in [9.17, 15) is 9.59 Å². The molecule has 1 aromatic carbocycles. The van der Waals surface area contributed by atoms with E-state index in [1.54, 1.807) is 0 Å². The van der Waals surface area contributed by atoms with Crippen LogP contribution in [0.4, 0.5) is 0 Å². The molecule has 0 spiro atoms. The molecule has 3 heterocycles. The number of nitrogens with zero attached hydrogens (tertiary/aromatic N) is 3. The van der Waals surface area contributed by atoms with E-state index < -0.39 is 0 Å². The predicted molar refractivity (Wildman–Crippen MR) is 95.6 cm³/mol. The maximum absolute atomic E-state index is 12.8. The number of carbonyl (C=O) groups excluding carboxylic acids is 2. The lowest BCUT2D eigenvalue weighted by Gasteiger charge is -2.31. The zero-order valence-electron chi connectivity index (χ0n) is 14.9. The third-order valence-corrected chi connectivity index (χ3v) is 5.63. The standard InChI is InChI=1S/C20H23N3O3/c1-14-4-2-3-5-15(14)6-7-19(24)23-12-17-10-16(23)8-9-22(17)20(25)18-11-21-13-26-18/h2-5,11,13,16-17H,6-10,12H2,1H3. The number of rotatable bonds is 4. The lowest BCUT2D eigenvalue weighted by Crippen LogP contribution is -2.44. The van der Waals surface area contributed by atoms with Crippen LogP contribution in [0.25, 0.3) is 0 Å². The van der Waals surface area contributed by atoms with Crippen LogP contribution in [-0.2, 0) is 11.2 Å². The fraction of sp³-hybridized carbons (Fsp3) is 0.450. The summed E-state index contributed by atoms with van der Waals surface area (Å²) in [7, 11) is 0. The van der Waals surface area contributed by atoms with Gasteiger partial charge in [-0.1, -0.05) is 24.3 Å². The summed E-state index contributed by atoms with van der Waals surface area (Å²) in [6.07, 6.45) is 5.69. The van der Waals surface area contributed by atoms with Gasteiger partial charge in [0, 0.05) is 25.6 Å². The fourth-order valence-corrected chi connectivity index (χ4v) is 4.17. The maximum Gasteiger partial charge on any atom is 0.291 e. The first kappa shape index (κ1) is 16.8. The van der Waals surface area contributed by atoms with E-state index in [-0.39, 0.29) is 29.7 Å². The van der Waals surface area contributed by atoms with Gasteiger partial charge >= 0.3 is 0 Å². The first-order chi connectivity index (χ1) is 12.6. The fourth-order valence-electron chi connectivity index (χ4n) is 4.17. The van der Waals surface area contributed by atoms with Crippen molar-refractivity contribution < 1.29 is 14.0 Å². The molecule has 0 aliphatic carbocycles. The first-order valence-electron chi connectivity index (χ1n) is 9.17. The van der Waals surface area contributed by atoms with Gasteiger partial charge in [0.1, 0.15) is 0 Å². The SMILES string of the molecule is Cc1ccccc1CCC(=O)N1CC2CC1CCN2C(=O)c1cnco1. The van der Waals surface area contributed by atoms with Crippen molar-refractivity contribution >= 4 is 11.8 Å². The molecule has 136 valence electrons. The summed E-state index contributed by atoms with van der Waals surface area (Å²) < 4.78 is 5.15. The Bertz CT molecular complexity index is 802. The minimum atomic E-state index is -0.125. The Hall–Kier alpha value is -2.63. The second-order valence-corrected chi connectivity index (χ2v) is 7.17. The summed E-state index contributed by atoms with van der Waals surface area (Å²) in [5.41, 5.74) is 2.45. The quantitative estimate of drug-likeness (QED) is 0.847. The molecule has 4 rings (SSSR count). The monoisotopic (exact) mass is 353 g/mol. The minimum absolute atomic E-state index is 0.0776. The van der Waals surface area contributed by atoms with Gasteiger partial charge in [-0.25, -0.2) is 4.98 Å². The highest BCUT2D eigenvalue weighted by molar-refractivity contribution is 5.91. The number of amides is 2. The molecule has 6 heteroatoms. The molecule has 2 atom stereocenters. The molecule has 2 aromatic rings. The zero-order chi connectivity index (χ0) is 18.1. The van der Waals surface area contributed by atoms with Crippen LogP contribution < -0.4 is 0 Å². The molecule has 2 unspecified atom stereocenters. The van der Waals surface area contributed by atoms with Crippen molar-refractivity contribution in [3.05, 3.63) is 53.7 Å². The van der Waals surface area contributed by atoms with Gasteiger partial charge in [0.05, 0.1) is 12.2 Å². The van der Waals surface area contributed by atoms with Crippen LogP contribution in [0.5, 0.6) is 0 Å². The Kier molecular flexibility index (Phi) is 4.49. The van der Waals surface area contributed by atoms with E-state index in [4.69, 9.17) is 4.42 Å². The average Bonchev–Trinajstić information content (AvgIpc) is 3.29. The van der Waals surface area contributed by atoms with Crippen LogP contribution in [0.15, 0.2) is 41.3 Å². The van der Waals surface area contributed by atoms with E-state index in [2.05, 4.69) is 24.0 Å². The van der Waals surface area contributed by atoms with E-state index in [1.165, 1.54) is 23.7 Å². The smallest absolute Gasteiger partial charge is 0.291 e. The molecule has 26 heavy (non-hydrogen) atoms. The Morgan fingerprint density at radius 2 is 2.08 bits per heavy atom. The lowest BCUT2D eigenvalue weighted by molar-refractivity contribution is -0.131. The summed E-state index contributed by atoms with van der Waals surface area (Å²) >= 11 is 0. The van der Waals surface area contributed by atoms with E-state index >= 15 is 0 Å². The summed E-state index contributed by atoms with van der Waals surface area (Å²) in [5, 5.41) is 0. The van der Waals surface area contributed by atoms with Gasteiger partial charge in [0.2, 0.25) is 11.7 Å². The third-order valence-electron chi connectivity index (χ3n) is 5.63. The highest BCUT2D eigenvalue weighted by atomic mass is 16.3. The molecular weight excluding hydrogens is 330 g/mol. The summed E-state index contributed by atoms with van der Waals surface area (Å²) in [6, 6.07) is 8.53. The van der Waals surface area contributed by atoms with E-state index in [1.807, 2.05) is 21.9 Å². The number of hydrogen-bond donors (Lipinski definition) is 0. The molecule has 2 aliphatic heterocycles. The molecular formula is C20H23N3O3. The van der Waals surface area contributed by atoms with Crippen molar-refractivity contribution in [1.82, 2.24) is 14.8 Å². The summed E-state index contributed by atoms with van der Waals surface area (Å²) in [5.74, 6) is 0.336. The Balaban J connectivity index is 1.38. The van der Waals surface area contributed by atoms with Gasteiger partial charge in [0.25, 0.3) is 5.91 Å². The van der Waals surface area contributed by atoms with Crippen LogP contribution >= 0.6 is 0 Å². The van der Waals surface area contributed by atoms with Crippen LogP contribution in [0.1, 0.15) is 40.9 Å². The molecule has 2 aliphatic rings. The van der Waals surface area contributed by atoms with Gasteiger partial charge in [-0.05, 0) is 37.3 Å². The molecule has 2 saturated heterocycles. The van der Waals surface area contributed by atoms with Crippen molar-refractivity contribution in [3.8, 4) is 0 Å². The Labute approximate surface area is 152 Å². The van der Waals surface area contributed by atoms with Crippen molar-refractivity contribution in [2.24, 2.45) is 0 Å². The normalized spacial score (nSPS) is 21.9. The van der Waals surface area contributed by atoms with Gasteiger partial charge in [-0.15, -0.1) is 0 Å². The highest BCUT2D eigenvalue weighted by Crippen LogP contribution is 2.31.